The fraction of sp³-hybridized carbons (Fsp3) is 0.778. The van der Waals surface area contributed by atoms with Gasteiger partial charge in [0.1, 0.15) is 0 Å². The molecule has 2 saturated heterocycles. The summed E-state index contributed by atoms with van der Waals surface area (Å²) in [6, 6.07) is -0.159. The molecule has 2 atom stereocenters. The van der Waals surface area contributed by atoms with E-state index in [9.17, 15) is 9.59 Å². The predicted octanol–water partition coefficient (Wildman–Crippen LogP) is -0.239. The van der Waals surface area contributed by atoms with Crippen molar-refractivity contribution in [2.45, 2.75) is 25.0 Å². The van der Waals surface area contributed by atoms with Crippen LogP contribution in [0.1, 0.15) is 12.8 Å². The molecule has 0 bridgehead atoms. The molecule has 2 aliphatic rings. The van der Waals surface area contributed by atoms with Crippen LogP contribution in [0.25, 0.3) is 0 Å². The van der Waals surface area contributed by atoms with E-state index in [2.05, 4.69) is 10.2 Å². The fourth-order valence-electron chi connectivity index (χ4n) is 2.02. The summed E-state index contributed by atoms with van der Waals surface area (Å²) in [7, 11) is 1.49. The highest BCUT2D eigenvalue weighted by Gasteiger charge is 2.35. The lowest BCUT2D eigenvalue weighted by Gasteiger charge is -2.34. The molecule has 0 aromatic rings. The lowest BCUT2D eigenvalue weighted by atomic mass is 10.2. The van der Waals surface area contributed by atoms with Gasteiger partial charge < -0.3 is 11.1 Å². The minimum atomic E-state index is -0.322. The number of carbonyl (C=O) groups excluding carboxylic acids is 2. The molecule has 0 spiro atoms. The topological polar surface area (TPSA) is 78.7 Å². The van der Waals surface area contributed by atoms with E-state index in [1.165, 1.54) is 7.05 Å². The molecule has 3 N–H and O–H groups in total. The summed E-state index contributed by atoms with van der Waals surface area (Å²) < 4.78 is 0. The zero-order valence-corrected chi connectivity index (χ0v) is 11.2. The predicted molar refractivity (Wildman–Crippen MR) is 68.4 cm³/mol. The molecule has 0 aliphatic carbocycles. The second-order valence-electron chi connectivity index (χ2n) is 4.17. The molecule has 0 aromatic heterocycles. The number of rotatable bonds is 1. The number of carbonyl (C=O) groups is 2. The zero-order chi connectivity index (χ0) is 11.0. The van der Waals surface area contributed by atoms with Crippen molar-refractivity contribution in [2.75, 3.05) is 20.1 Å². The van der Waals surface area contributed by atoms with Crippen LogP contribution in [0.2, 0.25) is 0 Å². The number of imide groups is 1. The number of nitrogens with one attached hydrogen (secondary N) is 1. The summed E-state index contributed by atoms with van der Waals surface area (Å²) in [4.78, 5) is 26.0. The third-order valence-electron chi connectivity index (χ3n) is 3.03. The van der Waals surface area contributed by atoms with Crippen LogP contribution in [-0.2, 0) is 4.79 Å². The number of urea groups is 1. The smallest absolute Gasteiger partial charge is 0.325 e. The van der Waals surface area contributed by atoms with Crippen molar-refractivity contribution in [2.24, 2.45) is 5.73 Å². The Morgan fingerprint density at radius 2 is 2.00 bits per heavy atom. The Bertz CT molecular complexity index is 285. The monoisotopic (exact) mass is 284 g/mol. The molecular formula is C9H18Cl2N4O2. The van der Waals surface area contributed by atoms with E-state index in [0.29, 0.717) is 6.42 Å². The van der Waals surface area contributed by atoms with E-state index >= 15 is 0 Å². The number of nitrogens with two attached hydrogens (primary N) is 1. The third-order valence-corrected chi connectivity index (χ3v) is 3.03. The Labute approximate surface area is 113 Å². The Morgan fingerprint density at radius 1 is 1.35 bits per heavy atom. The average Bonchev–Trinajstić information content (AvgIpc) is 2.60. The van der Waals surface area contributed by atoms with Crippen molar-refractivity contribution in [1.29, 1.82) is 0 Å². The summed E-state index contributed by atoms with van der Waals surface area (Å²) in [5.74, 6) is -0.135. The summed E-state index contributed by atoms with van der Waals surface area (Å²) in [5, 5.41) is 2.80. The fourth-order valence-corrected chi connectivity index (χ4v) is 2.02. The lowest BCUT2D eigenvalue weighted by molar-refractivity contribution is -0.130. The maximum atomic E-state index is 11.5. The molecule has 2 rings (SSSR count). The molecule has 0 saturated carbocycles. The molecule has 6 nitrogen and oxygen atoms in total. The van der Waals surface area contributed by atoms with Gasteiger partial charge in [0.2, 0.25) is 5.91 Å². The van der Waals surface area contributed by atoms with Crippen molar-refractivity contribution in [3.05, 3.63) is 0 Å². The Morgan fingerprint density at radius 3 is 2.47 bits per heavy atom. The SMILES string of the molecule is CN1C(=O)CC(N2CCC(N)C2)NC1=O.Cl.Cl. The van der Waals surface area contributed by atoms with Gasteiger partial charge in [-0.2, -0.15) is 0 Å². The molecule has 8 heteroatoms. The van der Waals surface area contributed by atoms with Gasteiger partial charge >= 0.3 is 6.03 Å². The molecule has 2 heterocycles. The first kappa shape index (κ1) is 16.4. The molecule has 100 valence electrons. The first-order valence-electron chi connectivity index (χ1n) is 5.14. The minimum Gasteiger partial charge on any atom is -0.326 e. The van der Waals surface area contributed by atoms with Crippen molar-refractivity contribution < 1.29 is 9.59 Å². The highest BCUT2D eigenvalue weighted by molar-refractivity contribution is 5.96. The molecule has 0 radical (unpaired) electrons. The van der Waals surface area contributed by atoms with E-state index in [4.69, 9.17) is 5.73 Å². The highest BCUT2D eigenvalue weighted by atomic mass is 35.5. The molecule has 17 heavy (non-hydrogen) atoms. The number of likely N-dealkylation sites (tertiary alicyclic amines) is 1. The minimum absolute atomic E-state index is 0. The van der Waals surface area contributed by atoms with Gasteiger partial charge in [0.05, 0.1) is 12.6 Å². The number of nitrogens with zero attached hydrogens (tertiary/aromatic N) is 2. The average molecular weight is 285 g/mol. The first-order chi connectivity index (χ1) is 7.08. The standard InChI is InChI=1S/C9H16N4O2.2ClH/c1-12-8(14)4-7(11-9(12)15)13-3-2-6(10)5-13;;/h6-7H,2-5,10H2,1H3,(H,11,15);2*1H. The van der Waals surface area contributed by atoms with Gasteiger partial charge in [-0.3, -0.25) is 14.6 Å². The first-order valence-corrected chi connectivity index (χ1v) is 5.14. The molecule has 0 aromatic carbocycles. The van der Waals surface area contributed by atoms with Gasteiger partial charge in [-0.05, 0) is 6.42 Å². The third kappa shape index (κ3) is 3.45. The van der Waals surface area contributed by atoms with Gasteiger partial charge in [0.15, 0.2) is 0 Å². The summed E-state index contributed by atoms with van der Waals surface area (Å²) in [6.45, 7) is 1.60. The van der Waals surface area contributed by atoms with E-state index in [1.54, 1.807) is 0 Å². The van der Waals surface area contributed by atoms with E-state index < -0.39 is 0 Å². The Kier molecular flexibility index (Phi) is 6.18. The quantitative estimate of drug-likeness (QED) is 0.697. The summed E-state index contributed by atoms with van der Waals surface area (Å²) >= 11 is 0. The van der Waals surface area contributed by atoms with Crippen LogP contribution in [-0.4, -0.2) is 54.1 Å². The Balaban J connectivity index is 0.00000128. The number of halogens is 2. The highest BCUT2D eigenvalue weighted by Crippen LogP contribution is 2.15. The van der Waals surface area contributed by atoms with Crippen LogP contribution in [0.3, 0.4) is 0 Å². The van der Waals surface area contributed by atoms with Crippen LogP contribution in [0.5, 0.6) is 0 Å². The van der Waals surface area contributed by atoms with Crippen molar-refractivity contribution >= 4 is 36.8 Å². The van der Waals surface area contributed by atoms with E-state index in [-0.39, 0.29) is 49.0 Å². The maximum absolute atomic E-state index is 11.5. The molecule has 3 amide bonds. The van der Waals surface area contributed by atoms with E-state index in [0.717, 1.165) is 24.4 Å². The lowest BCUT2D eigenvalue weighted by Crippen LogP contribution is -2.58. The second-order valence-corrected chi connectivity index (χ2v) is 4.17. The molecule has 2 aliphatic heterocycles. The summed E-state index contributed by atoms with van der Waals surface area (Å²) in [5.41, 5.74) is 5.78. The van der Waals surface area contributed by atoms with Crippen LogP contribution >= 0.6 is 24.8 Å². The maximum Gasteiger partial charge on any atom is 0.325 e. The van der Waals surface area contributed by atoms with Gasteiger partial charge in [-0.15, -0.1) is 24.8 Å². The van der Waals surface area contributed by atoms with Gasteiger partial charge in [-0.25, -0.2) is 4.79 Å². The Hall–Kier alpha value is -0.560. The largest absolute Gasteiger partial charge is 0.326 e. The van der Waals surface area contributed by atoms with Crippen LogP contribution in [0, 0.1) is 0 Å². The van der Waals surface area contributed by atoms with Gasteiger partial charge in [-0.1, -0.05) is 0 Å². The van der Waals surface area contributed by atoms with Crippen molar-refractivity contribution in [3.8, 4) is 0 Å². The second kappa shape index (κ2) is 6.39. The van der Waals surface area contributed by atoms with E-state index in [1.807, 2.05) is 0 Å². The normalized spacial score (nSPS) is 29.4. The number of hydrogen-bond acceptors (Lipinski definition) is 4. The summed E-state index contributed by atoms with van der Waals surface area (Å²) in [6.07, 6.45) is 1.10. The van der Waals surface area contributed by atoms with Crippen molar-refractivity contribution in [1.82, 2.24) is 15.1 Å². The van der Waals surface area contributed by atoms with Crippen LogP contribution < -0.4 is 11.1 Å². The van der Waals surface area contributed by atoms with Gasteiger partial charge in [0, 0.05) is 26.2 Å². The van der Waals surface area contributed by atoms with Crippen molar-refractivity contribution in [3.63, 3.8) is 0 Å². The molecular weight excluding hydrogens is 267 g/mol. The molecule has 2 fully saturated rings. The van der Waals surface area contributed by atoms with Crippen LogP contribution in [0.15, 0.2) is 0 Å². The van der Waals surface area contributed by atoms with Crippen LogP contribution in [0.4, 0.5) is 4.79 Å². The number of hydrogen-bond donors (Lipinski definition) is 2. The zero-order valence-electron chi connectivity index (χ0n) is 9.59. The number of amides is 3. The molecule has 2 unspecified atom stereocenters. The van der Waals surface area contributed by atoms with Gasteiger partial charge in [0.25, 0.3) is 0 Å².